The number of anilines is 1. The number of benzene rings is 1. The molecule has 0 aromatic heterocycles. The molecular formula is C14H21ClN2. The van der Waals surface area contributed by atoms with Crippen molar-refractivity contribution in [3.63, 3.8) is 0 Å². The van der Waals surface area contributed by atoms with Crippen molar-refractivity contribution >= 4 is 17.3 Å². The quantitative estimate of drug-likeness (QED) is 0.888. The summed E-state index contributed by atoms with van der Waals surface area (Å²) in [5, 5.41) is 4.25. The zero-order chi connectivity index (χ0) is 12.6. The highest BCUT2D eigenvalue weighted by Crippen LogP contribution is 2.42. The lowest BCUT2D eigenvalue weighted by Crippen LogP contribution is -2.35. The third kappa shape index (κ3) is 2.16. The minimum Gasteiger partial charge on any atom is -0.368 e. The number of nitrogens with zero attached hydrogens (tertiary/aromatic N) is 1. The van der Waals surface area contributed by atoms with Gasteiger partial charge in [-0.2, -0.15) is 0 Å². The molecule has 2 nitrogen and oxygen atoms in total. The van der Waals surface area contributed by atoms with E-state index in [-0.39, 0.29) is 0 Å². The third-order valence-corrected chi connectivity index (χ3v) is 4.12. The Morgan fingerprint density at radius 1 is 1.35 bits per heavy atom. The van der Waals surface area contributed by atoms with Crippen LogP contribution < -0.4 is 10.2 Å². The Morgan fingerprint density at radius 2 is 2.06 bits per heavy atom. The van der Waals surface area contributed by atoms with Crippen LogP contribution in [0.1, 0.15) is 32.3 Å². The second kappa shape index (κ2) is 4.87. The van der Waals surface area contributed by atoms with Crippen molar-refractivity contribution in [1.82, 2.24) is 5.32 Å². The van der Waals surface area contributed by atoms with Crippen molar-refractivity contribution < 1.29 is 0 Å². The van der Waals surface area contributed by atoms with E-state index in [2.05, 4.69) is 37.1 Å². The van der Waals surface area contributed by atoms with Crippen LogP contribution in [0.5, 0.6) is 0 Å². The second-order valence-electron chi connectivity index (χ2n) is 5.10. The molecule has 1 aliphatic rings. The predicted octanol–water partition coefficient (Wildman–Crippen LogP) is 3.26. The topological polar surface area (TPSA) is 15.3 Å². The van der Waals surface area contributed by atoms with E-state index in [0.29, 0.717) is 18.0 Å². The van der Waals surface area contributed by atoms with Crippen molar-refractivity contribution in [3.8, 4) is 0 Å². The fourth-order valence-electron chi connectivity index (χ4n) is 2.64. The van der Waals surface area contributed by atoms with Crippen molar-refractivity contribution in [2.24, 2.45) is 0 Å². The van der Waals surface area contributed by atoms with Crippen LogP contribution in [0.15, 0.2) is 18.2 Å². The first-order valence-corrected chi connectivity index (χ1v) is 6.66. The molecule has 0 radical (unpaired) electrons. The van der Waals surface area contributed by atoms with E-state index < -0.39 is 0 Å². The molecule has 0 saturated heterocycles. The van der Waals surface area contributed by atoms with Gasteiger partial charge in [-0.25, -0.2) is 0 Å². The van der Waals surface area contributed by atoms with Crippen LogP contribution in [-0.4, -0.2) is 25.7 Å². The van der Waals surface area contributed by atoms with Crippen molar-refractivity contribution in [2.75, 3.05) is 18.5 Å². The van der Waals surface area contributed by atoms with E-state index in [1.807, 2.05) is 19.2 Å². The van der Waals surface area contributed by atoms with Gasteiger partial charge in [0, 0.05) is 40.8 Å². The maximum Gasteiger partial charge on any atom is 0.0462 e. The van der Waals surface area contributed by atoms with Gasteiger partial charge >= 0.3 is 0 Å². The first kappa shape index (κ1) is 12.7. The van der Waals surface area contributed by atoms with Crippen LogP contribution in [0.25, 0.3) is 0 Å². The number of hydrogen-bond donors (Lipinski definition) is 1. The van der Waals surface area contributed by atoms with Crippen LogP contribution in [-0.2, 0) is 0 Å². The Hall–Kier alpha value is -0.730. The number of nitrogens with one attached hydrogen (secondary N) is 1. The molecule has 1 heterocycles. The lowest BCUT2D eigenvalue weighted by molar-refractivity contribution is 0.500. The summed E-state index contributed by atoms with van der Waals surface area (Å²) >= 11 is 6.38. The van der Waals surface area contributed by atoms with Crippen LogP contribution in [0.2, 0.25) is 5.02 Å². The monoisotopic (exact) mass is 252 g/mol. The van der Waals surface area contributed by atoms with E-state index in [1.54, 1.807) is 0 Å². The van der Waals surface area contributed by atoms with E-state index >= 15 is 0 Å². The van der Waals surface area contributed by atoms with Gasteiger partial charge in [0.05, 0.1) is 0 Å². The number of fused-ring (bicyclic) bond motifs is 1. The van der Waals surface area contributed by atoms with Crippen molar-refractivity contribution in [2.45, 2.75) is 38.8 Å². The molecule has 1 N–H and O–H groups in total. The molecule has 1 aromatic rings. The lowest BCUT2D eigenvalue weighted by Gasteiger charge is -2.25. The van der Waals surface area contributed by atoms with Gasteiger partial charge in [0.15, 0.2) is 0 Å². The van der Waals surface area contributed by atoms with Gasteiger partial charge < -0.3 is 10.2 Å². The summed E-state index contributed by atoms with van der Waals surface area (Å²) < 4.78 is 0. The Kier molecular flexibility index (Phi) is 3.64. The molecule has 0 spiro atoms. The van der Waals surface area contributed by atoms with Crippen molar-refractivity contribution in [3.05, 3.63) is 28.8 Å². The van der Waals surface area contributed by atoms with Crippen LogP contribution >= 0.6 is 11.6 Å². The first-order chi connectivity index (χ1) is 8.06. The summed E-state index contributed by atoms with van der Waals surface area (Å²) in [6.45, 7) is 7.74. The average Bonchev–Trinajstić information content (AvgIpc) is 2.69. The molecule has 0 aliphatic carbocycles. The molecular weight excluding hydrogens is 232 g/mol. The van der Waals surface area contributed by atoms with E-state index in [9.17, 15) is 0 Å². The normalized spacial score (nSPS) is 20.8. The molecule has 2 rings (SSSR count). The van der Waals surface area contributed by atoms with Crippen LogP contribution in [0.3, 0.4) is 0 Å². The molecule has 0 fully saturated rings. The zero-order valence-electron chi connectivity index (χ0n) is 11.0. The molecule has 0 amide bonds. The number of halogens is 1. The highest BCUT2D eigenvalue weighted by Gasteiger charge is 2.34. The summed E-state index contributed by atoms with van der Waals surface area (Å²) in [4.78, 5) is 2.44. The van der Waals surface area contributed by atoms with Gasteiger partial charge in [0.2, 0.25) is 0 Å². The molecule has 2 unspecified atom stereocenters. The second-order valence-corrected chi connectivity index (χ2v) is 5.51. The number of rotatable bonds is 3. The third-order valence-electron chi connectivity index (χ3n) is 3.79. The van der Waals surface area contributed by atoms with Crippen LogP contribution in [0.4, 0.5) is 5.69 Å². The standard InChI is InChI=1S/C14H21ClN2/c1-9(2)17-8-11(10(3)16-4)14-12(15)6-5-7-13(14)17/h5-7,9-11,16H,8H2,1-4H3. The Balaban J connectivity index is 2.45. The molecule has 0 bridgehead atoms. The summed E-state index contributed by atoms with van der Waals surface area (Å²) in [7, 11) is 2.01. The van der Waals surface area contributed by atoms with E-state index in [1.165, 1.54) is 11.3 Å². The van der Waals surface area contributed by atoms with Gasteiger partial charge in [0.25, 0.3) is 0 Å². The van der Waals surface area contributed by atoms with Gasteiger partial charge in [-0.15, -0.1) is 0 Å². The van der Waals surface area contributed by atoms with E-state index in [4.69, 9.17) is 11.6 Å². The fourth-order valence-corrected chi connectivity index (χ4v) is 2.95. The molecule has 3 heteroatoms. The summed E-state index contributed by atoms with van der Waals surface area (Å²) in [6.07, 6.45) is 0. The Bertz CT molecular complexity index is 403. The maximum atomic E-state index is 6.38. The fraction of sp³-hybridized carbons (Fsp3) is 0.571. The summed E-state index contributed by atoms with van der Waals surface area (Å²) in [5.41, 5.74) is 2.62. The summed E-state index contributed by atoms with van der Waals surface area (Å²) in [6, 6.07) is 7.19. The maximum absolute atomic E-state index is 6.38. The SMILES string of the molecule is CNC(C)C1CN(C(C)C)c2cccc(Cl)c21. The van der Waals surface area contributed by atoms with Gasteiger partial charge in [-0.1, -0.05) is 17.7 Å². The molecule has 94 valence electrons. The smallest absolute Gasteiger partial charge is 0.0462 e. The van der Waals surface area contributed by atoms with Crippen molar-refractivity contribution in [1.29, 1.82) is 0 Å². The minimum absolute atomic E-state index is 0.442. The summed E-state index contributed by atoms with van der Waals surface area (Å²) in [5.74, 6) is 0.478. The molecule has 2 atom stereocenters. The zero-order valence-corrected chi connectivity index (χ0v) is 11.8. The average molecular weight is 253 g/mol. The van der Waals surface area contributed by atoms with Gasteiger partial charge in [-0.3, -0.25) is 0 Å². The van der Waals surface area contributed by atoms with Gasteiger partial charge in [-0.05, 0) is 40.0 Å². The Labute approximate surface area is 109 Å². The number of hydrogen-bond acceptors (Lipinski definition) is 2. The number of likely N-dealkylation sites (N-methyl/N-ethyl adjacent to an activating group) is 1. The molecule has 17 heavy (non-hydrogen) atoms. The van der Waals surface area contributed by atoms with E-state index in [0.717, 1.165) is 11.6 Å². The minimum atomic E-state index is 0.442. The lowest BCUT2D eigenvalue weighted by atomic mass is 9.94. The largest absolute Gasteiger partial charge is 0.368 e. The van der Waals surface area contributed by atoms with Gasteiger partial charge in [0.1, 0.15) is 0 Å². The first-order valence-electron chi connectivity index (χ1n) is 6.28. The molecule has 1 aromatic carbocycles. The highest BCUT2D eigenvalue weighted by atomic mass is 35.5. The molecule has 0 saturated carbocycles. The predicted molar refractivity (Wildman–Crippen MR) is 75.2 cm³/mol. The highest BCUT2D eigenvalue weighted by molar-refractivity contribution is 6.32. The Morgan fingerprint density at radius 3 is 2.65 bits per heavy atom. The molecule has 1 aliphatic heterocycles. The van der Waals surface area contributed by atoms with Crippen LogP contribution in [0, 0.1) is 0 Å².